The third kappa shape index (κ3) is 6.37. The van der Waals surface area contributed by atoms with Crippen LogP contribution >= 0.6 is 11.8 Å². The molecule has 4 nitrogen and oxygen atoms in total. The van der Waals surface area contributed by atoms with Crippen molar-refractivity contribution in [1.82, 2.24) is 4.90 Å². The zero-order chi connectivity index (χ0) is 11.5. The summed E-state index contributed by atoms with van der Waals surface area (Å²) in [6.45, 7) is 7.33. The van der Waals surface area contributed by atoms with E-state index in [-0.39, 0.29) is 0 Å². The lowest BCUT2D eigenvalue weighted by Gasteiger charge is -2.22. The summed E-state index contributed by atoms with van der Waals surface area (Å²) >= 11 is 1.50. The van der Waals surface area contributed by atoms with E-state index >= 15 is 0 Å². The van der Waals surface area contributed by atoms with Crippen LogP contribution in [-0.2, 0) is 4.74 Å². The molecule has 0 aromatic heterocycles. The molecule has 0 rings (SSSR count). The van der Waals surface area contributed by atoms with Gasteiger partial charge in [-0.05, 0) is 26.5 Å². The SMILES string of the molecule is CCOCCCN(CC)C(=NC#N)SC. The fraction of sp³-hybridized carbons (Fsp3) is 0.800. The maximum atomic E-state index is 8.52. The molecule has 0 atom stereocenters. The van der Waals surface area contributed by atoms with Gasteiger partial charge in [-0.2, -0.15) is 5.26 Å². The first kappa shape index (κ1) is 14.3. The minimum absolute atomic E-state index is 0.758. The van der Waals surface area contributed by atoms with Crippen molar-refractivity contribution < 1.29 is 4.74 Å². The average Bonchev–Trinajstić information content (AvgIpc) is 2.27. The second-order valence-corrected chi connectivity index (χ2v) is 3.60. The first-order valence-corrected chi connectivity index (χ1v) is 6.36. The summed E-state index contributed by atoms with van der Waals surface area (Å²) in [7, 11) is 0. The Morgan fingerprint density at radius 1 is 1.53 bits per heavy atom. The van der Waals surface area contributed by atoms with E-state index in [0.717, 1.165) is 37.9 Å². The molecule has 0 spiro atoms. The van der Waals surface area contributed by atoms with Gasteiger partial charge < -0.3 is 9.64 Å². The first-order valence-electron chi connectivity index (χ1n) is 5.13. The number of hydrogen-bond acceptors (Lipinski definition) is 4. The fourth-order valence-corrected chi connectivity index (χ4v) is 1.79. The predicted octanol–water partition coefficient (Wildman–Crippen LogP) is 1.93. The molecule has 0 aliphatic heterocycles. The van der Waals surface area contributed by atoms with Crippen LogP contribution in [0.3, 0.4) is 0 Å². The lowest BCUT2D eigenvalue weighted by molar-refractivity contribution is 0.140. The molecule has 0 aromatic rings. The molecule has 0 bridgehead atoms. The summed E-state index contributed by atoms with van der Waals surface area (Å²) in [5.41, 5.74) is 0. The Labute approximate surface area is 96.3 Å². The van der Waals surface area contributed by atoms with Gasteiger partial charge in [-0.1, -0.05) is 11.8 Å². The third-order valence-electron chi connectivity index (χ3n) is 1.90. The highest BCUT2D eigenvalue weighted by Crippen LogP contribution is 2.05. The van der Waals surface area contributed by atoms with E-state index in [4.69, 9.17) is 10.00 Å². The Balaban J connectivity index is 4.00. The summed E-state index contributed by atoms with van der Waals surface area (Å²) in [4.78, 5) is 5.87. The van der Waals surface area contributed by atoms with Crippen LogP contribution in [0.1, 0.15) is 20.3 Å². The molecule has 0 saturated carbocycles. The van der Waals surface area contributed by atoms with Gasteiger partial charge in [0.2, 0.25) is 6.19 Å². The average molecular weight is 229 g/mol. The van der Waals surface area contributed by atoms with Crippen molar-refractivity contribution in [2.24, 2.45) is 4.99 Å². The van der Waals surface area contributed by atoms with Crippen LogP contribution in [0.15, 0.2) is 4.99 Å². The van der Waals surface area contributed by atoms with E-state index in [2.05, 4.69) is 16.8 Å². The second kappa shape index (κ2) is 9.81. The summed E-state index contributed by atoms with van der Waals surface area (Å²) in [6, 6.07) is 0. The predicted molar refractivity (Wildman–Crippen MR) is 64.9 cm³/mol. The zero-order valence-electron chi connectivity index (χ0n) is 9.69. The number of thioether (sulfide) groups is 1. The van der Waals surface area contributed by atoms with E-state index < -0.39 is 0 Å². The van der Waals surface area contributed by atoms with E-state index in [9.17, 15) is 0 Å². The summed E-state index contributed by atoms with van der Waals surface area (Å²) in [6.07, 6.45) is 4.73. The van der Waals surface area contributed by atoms with E-state index in [0.29, 0.717) is 0 Å². The number of amidine groups is 1. The van der Waals surface area contributed by atoms with Gasteiger partial charge in [0.15, 0.2) is 5.17 Å². The van der Waals surface area contributed by atoms with Crippen molar-refractivity contribution in [1.29, 1.82) is 5.26 Å². The Morgan fingerprint density at radius 2 is 2.27 bits per heavy atom. The minimum atomic E-state index is 0.758. The van der Waals surface area contributed by atoms with Gasteiger partial charge in [-0.3, -0.25) is 0 Å². The summed E-state index contributed by atoms with van der Waals surface area (Å²) in [5, 5.41) is 9.31. The third-order valence-corrected chi connectivity index (χ3v) is 2.62. The zero-order valence-corrected chi connectivity index (χ0v) is 10.5. The summed E-state index contributed by atoms with van der Waals surface area (Å²) < 4.78 is 5.26. The number of rotatable bonds is 6. The van der Waals surface area contributed by atoms with Crippen LogP contribution in [0.25, 0.3) is 0 Å². The first-order chi connectivity index (χ1) is 7.29. The lowest BCUT2D eigenvalue weighted by atomic mass is 10.4. The molecule has 0 amide bonds. The molecule has 0 aliphatic rings. The highest BCUT2D eigenvalue weighted by molar-refractivity contribution is 8.13. The van der Waals surface area contributed by atoms with Crippen molar-refractivity contribution >= 4 is 16.9 Å². The van der Waals surface area contributed by atoms with Crippen molar-refractivity contribution in [2.75, 3.05) is 32.6 Å². The van der Waals surface area contributed by atoms with Crippen LogP contribution in [0.2, 0.25) is 0 Å². The van der Waals surface area contributed by atoms with Crippen molar-refractivity contribution in [3.05, 3.63) is 0 Å². The van der Waals surface area contributed by atoms with Crippen LogP contribution in [0, 0.1) is 11.5 Å². The molecule has 0 saturated heterocycles. The maximum Gasteiger partial charge on any atom is 0.208 e. The fourth-order valence-electron chi connectivity index (χ4n) is 1.18. The Kier molecular flexibility index (Phi) is 9.33. The van der Waals surface area contributed by atoms with Gasteiger partial charge in [0.25, 0.3) is 0 Å². The molecule has 86 valence electrons. The van der Waals surface area contributed by atoms with Gasteiger partial charge in [0.1, 0.15) is 0 Å². The Morgan fingerprint density at radius 3 is 2.73 bits per heavy atom. The normalized spacial score (nSPS) is 11.2. The number of aliphatic imine (C=N–C) groups is 1. The number of ether oxygens (including phenoxy) is 1. The number of nitrogens with zero attached hydrogens (tertiary/aromatic N) is 3. The quantitative estimate of drug-likeness (QED) is 0.302. The van der Waals surface area contributed by atoms with Crippen LogP contribution < -0.4 is 0 Å². The van der Waals surface area contributed by atoms with Gasteiger partial charge in [0.05, 0.1) is 0 Å². The largest absolute Gasteiger partial charge is 0.382 e. The molecule has 0 N–H and O–H groups in total. The monoisotopic (exact) mass is 229 g/mol. The molecule has 0 heterocycles. The van der Waals surface area contributed by atoms with Crippen molar-refractivity contribution in [3.63, 3.8) is 0 Å². The number of nitriles is 1. The topological polar surface area (TPSA) is 48.6 Å². The van der Waals surface area contributed by atoms with Gasteiger partial charge in [-0.25, -0.2) is 0 Å². The molecule has 0 aromatic carbocycles. The molecular weight excluding hydrogens is 210 g/mol. The molecule has 0 aliphatic carbocycles. The highest BCUT2D eigenvalue weighted by atomic mass is 32.2. The Bertz CT molecular complexity index is 225. The van der Waals surface area contributed by atoms with Crippen LogP contribution in [0.5, 0.6) is 0 Å². The second-order valence-electron chi connectivity index (χ2n) is 2.83. The minimum Gasteiger partial charge on any atom is -0.382 e. The summed E-state index contributed by atoms with van der Waals surface area (Å²) in [5.74, 6) is 0. The van der Waals surface area contributed by atoms with E-state index in [1.165, 1.54) is 11.8 Å². The molecular formula is C10H19N3OS. The molecule has 15 heavy (non-hydrogen) atoms. The highest BCUT2D eigenvalue weighted by Gasteiger charge is 2.07. The lowest BCUT2D eigenvalue weighted by Crippen LogP contribution is -2.30. The van der Waals surface area contributed by atoms with Crippen LogP contribution in [0.4, 0.5) is 0 Å². The molecule has 0 unspecified atom stereocenters. The van der Waals surface area contributed by atoms with Gasteiger partial charge in [0, 0.05) is 26.3 Å². The molecule has 0 fully saturated rings. The van der Waals surface area contributed by atoms with E-state index in [1.54, 1.807) is 0 Å². The van der Waals surface area contributed by atoms with Gasteiger partial charge >= 0.3 is 0 Å². The standard InChI is InChI=1S/C10H19N3OS/c1-4-13(7-6-8-14-5-2)10(15-3)12-9-11/h4-8H2,1-3H3. The maximum absolute atomic E-state index is 8.52. The molecule has 5 heteroatoms. The van der Waals surface area contributed by atoms with Crippen molar-refractivity contribution in [3.8, 4) is 6.19 Å². The molecule has 0 radical (unpaired) electrons. The van der Waals surface area contributed by atoms with Crippen LogP contribution in [-0.4, -0.2) is 42.6 Å². The van der Waals surface area contributed by atoms with Crippen molar-refractivity contribution in [2.45, 2.75) is 20.3 Å². The Hall–Kier alpha value is -0.730. The van der Waals surface area contributed by atoms with E-state index in [1.807, 2.05) is 19.4 Å². The number of hydrogen-bond donors (Lipinski definition) is 0. The smallest absolute Gasteiger partial charge is 0.208 e. The van der Waals surface area contributed by atoms with Gasteiger partial charge in [-0.15, -0.1) is 4.99 Å².